The fraction of sp³-hybridized carbons (Fsp3) is 0.625. The number of nitrogens with zero attached hydrogens (tertiary/aromatic N) is 1. The van der Waals surface area contributed by atoms with Crippen LogP contribution in [0.2, 0.25) is 0 Å². The molecular formula is C16H24N2O3. The Morgan fingerprint density at radius 3 is 2.76 bits per heavy atom. The first kappa shape index (κ1) is 14.6. The molecule has 0 aliphatic carbocycles. The molecule has 0 radical (unpaired) electrons. The summed E-state index contributed by atoms with van der Waals surface area (Å²) in [5.41, 5.74) is 1.23. The Morgan fingerprint density at radius 2 is 2.05 bits per heavy atom. The normalized spacial score (nSPS) is 22.5. The molecule has 5 nitrogen and oxygen atoms in total. The number of ether oxygens (including phenoxy) is 3. The lowest BCUT2D eigenvalue weighted by Gasteiger charge is -2.29. The second-order valence-corrected chi connectivity index (χ2v) is 5.70. The number of likely N-dealkylation sites (N-methyl/N-ethyl adjacent to an activating group) is 2. The van der Waals surface area contributed by atoms with Gasteiger partial charge in [-0.15, -0.1) is 0 Å². The molecular weight excluding hydrogens is 268 g/mol. The number of rotatable bonds is 5. The number of benzene rings is 1. The minimum Gasteiger partial charge on any atom is -0.486 e. The summed E-state index contributed by atoms with van der Waals surface area (Å²) in [7, 11) is 4.17. The lowest BCUT2D eigenvalue weighted by atomic mass is 10.0. The zero-order valence-electron chi connectivity index (χ0n) is 12.8. The Hall–Kier alpha value is -1.30. The highest BCUT2D eigenvalue weighted by molar-refractivity contribution is 5.44. The van der Waals surface area contributed by atoms with Crippen LogP contribution in [0.5, 0.6) is 11.5 Å². The maximum absolute atomic E-state index is 5.68. The van der Waals surface area contributed by atoms with Gasteiger partial charge in [0.25, 0.3) is 0 Å². The molecule has 0 amide bonds. The zero-order valence-corrected chi connectivity index (χ0v) is 12.8. The highest BCUT2D eigenvalue weighted by Gasteiger charge is 2.23. The molecule has 0 aromatic heterocycles. The van der Waals surface area contributed by atoms with Gasteiger partial charge in [-0.2, -0.15) is 0 Å². The number of nitrogens with one attached hydrogen (secondary N) is 1. The van der Waals surface area contributed by atoms with Crippen LogP contribution in [0.15, 0.2) is 18.2 Å². The van der Waals surface area contributed by atoms with E-state index in [1.807, 2.05) is 13.1 Å². The van der Waals surface area contributed by atoms with Gasteiger partial charge < -0.3 is 19.5 Å². The van der Waals surface area contributed by atoms with Crippen molar-refractivity contribution in [2.75, 3.05) is 47.1 Å². The molecule has 5 heteroatoms. The van der Waals surface area contributed by atoms with Crippen LogP contribution in [-0.4, -0.2) is 58.0 Å². The van der Waals surface area contributed by atoms with Gasteiger partial charge in [0.05, 0.1) is 6.61 Å². The highest BCUT2D eigenvalue weighted by Crippen LogP contribution is 2.32. The van der Waals surface area contributed by atoms with Gasteiger partial charge in [-0.3, -0.25) is 4.90 Å². The van der Waals surface area contributed by atoms with Gasteiger partial charge in [0.15, 0.2) is 11.5 Å². The maximum atomic E-state index is 5.68. The fourth-order valence-corrected chi connectivity index (χ4v) is 2.95. The maximum Gasteiger partial charge on any atom is 0.161 e. The Kier molecular flexibility index (Phi) is 4.63. The van der Waals surface area contributed by atoms with Crippen molar-refractivity contribution in [3.05, 3.63) is 23.8 Å². The number of hydrogen-bond donors (Lipinski definition) is 1. The van der Waals surface area contributed by atoms with E-state index in [9.17, 15) is 0 Å². The third kappa shape index (κ3) is 3.31. The third-order valence-electron chi connectivity index (χ3n) is 4.32. The van der Waals surface area contributed by atoms with E-state index in [0.717, 1.165) is 37.7 Å². The summed E-state index contributed by atoms with van der Waals surface area (Å²) in [6.45, 7) is 3.92. The van der Waals surface area contributed by atoms with Crippen molar-refractivity contribution in [3.63, 3.8) is 0 Å². The standard InChI is InChI=1S/C16H24N2O3/c1-17-14(10-18(2)13-5-6-19-11-13)12-3-4-15-16(9-12)21-8-7-20-15/h3-4,9,13-14,17H,5-8,10-11H2,1-2H3. The molecule has 2 heterocycles. The van der Waals surface area contributed by atoms with Crippen molar-refractivity contribution >= 4 is 0 Å². The monoisotopic (exact) mass is 292 g/mol. The molecule has 1 aromatic rings. The van der Waals surface area contributed by atoms with Crippen molar-refractivity contribution in [2.45, 2.75) is 18.5 Å². The second kappa shape index (κ2) is 6.64. The van der Waals surface area contributed by atoms with Crippen LogP contribution < -0.4 is 14.8 Å². The first-order valence-electron chi connectivity index (χ1n) is 7.62. The van der Waals surface area contributed by atoms with Crippen molar-refractivity contribution in [1.82, 2.24) is 10.2 Å². The molecule has 0 spiro atoms. The lowest BCUT2D eigenvalue weighted by Crippen LogP contribution is -2.38. The molecule has 1 N–H and O–H groups in total. The quantitative estimate of drug-likeness (QED) is 0.889. The minimum absolute atomic E-state index is 0.270. The summed E-state index contributed by atoms with van der Waals surface area (Å²) >= 11 is 0. The zero-order chi connectivity index (χ0) is 14.7. The van der Waals surface area contributed by atoms with Gasteiger partial charge >= 0.3 is 0 Å². The first-order chi connectivity index (χ1) is 10.3. The highest BCUT2D eigenvalue weighted by atomic mass is 16.6. The summed E-state index contributed by atoms with van der Waals surface area (Å²) in [6, 6.07) is 7.01. The molecule has 2 unspecified atom stereocenters. The molecule has 3 rings (SSSR count). The lowest BCUT2D eigenvalue weighted by molar-refractivity contribution is 0.153. The second-order valence-electron chi connectivity index (χ2n) is 5.70. The van der Waals surface area contributed by atoms with Crippen LogP contribution in [0.25, 0.3) is 0 Å². The Bertz CT molecular complexity index is 475. The van der Waals surface area contributed by atoms with Gasteiger partial charge in [-0.1, -0.05) is 6.07 Å². The van der Waals surface area contributed by atoms with E-state index in [2.05, 4.69) is 29.4 Å². The molecule has 1 aromatic carbocycles. The van der Waals surface area contributed by atoms with E-state index < -0.39 is 0 Å². The van der Waals surface area contributed by atoms with Gasteiger partial charge in [0, 0.05) is 25.2 Å². The molecule has 21 heavy (non-hydrogen) atoms. The Balaban J connectivity index is 1.70. The van der Waals surface area contributed by atoms with Crippen LogP contribution in [0, 0.1) is 0 Å². The van der Waals surface area contributed by atoms with Crippen LogP contribution in [0.3, 0.4) is 0 Å². The average molecular weight is 292 g/mol. The smallest absolute Gasteiger partial charge is 0.161 e. The van der Waals surface area contributed by atoms with Crippen molar-refractivity contribution in [1.29, 1.82) is 0 Å². The van der Waals surface area contributed by atoms with Gasteiger partial charge in [-0.05, 0) is 38.2 Å². The summed E-state index contributed by atoms with van der Waals surface area (Å²) in [5, 5.41) is 3.40. The summed E-state index contributed by atoms with van der Waals surface area (Å²) in [4.78, 5) is 2.38. The summed E-state index contributed by atoms with van der Waals surface area (Å²) in [6.07, 6.45) is 1.12. The van der Waals surface area contributed by atoms with E-state index in [4.69, 9.17) is 14.2 Å². The molecule has 1 saturated heterocycles. The summed E-state index contributed by atoms with van der Waals surface area (Å²) < 4.78 is 16.7. The largest absolute Gasteiger partial charge is 0.486 e. The van der Waals surface area contributed by atoms with E-state index in [1.54, 1.807) is 0 Å². The predicted octanol–water partition coefficient (Wildman–Crippen LogP) is 1.44. The van der Waals surface area contributed by atoms with E-state index in [0.29, 0.717) is 19.3 Å². The average Bonchev–Trinajstić information content (AvgIpc) is 3.06. The molecule has 0 bridgehead atoms. The SMILES string of the molecule is CNC(CN(C)C1CCOC1)c1ccc2c(c1)OCCO2. The van der Waals surface area contributed by atoms with Gasteiger partial charge in [0.2, 0.25) is 0 Å². The van der Waals surface area contributed by atoms with Crippen molar-refractivity contribution in [2.24, 2.45) is 0 Å². The van der Waals surface area contributed by atoms with E-state index >= 15 is 0 Å². The first-order valence-corrected chi connectivity index (χ1v) is 7.62. The van der Waals surface area contributed by atoms with E-state index in [1.165, 1.54) is 5.56 Å². The van der Waals surface area contributed by atoms with Crippen molar-refractivity contribution < 1.29 is 14.2 Å². The number of fused-ring (bicyclic) bond motifs is 1. The fourth-order valence-electron chi connectivity index (χ4n) is 2.95. The van der Waals surface area contributed by atoms with Crippen LogP contribution in [0.1, 0.15) is 18.0 Å². The van der Waals surface area contributed by atoms with E-state index in [-0.39, 0.29) is 6.04 Å². The summed E-state index contributed by atoms with van der Waals surface area (Å²) in [5.74, 6) is 1.70. The molecule has 1 fully saturated rings. The molecule has 2 aliphatic heterocycles. The Labute approximate surface area is 126 Å². The topological polar surface area (TPSA) is 43.0 Å². The molecule has 2 aliphatic rings. The predicted molar refractivity (Wildman–Crippen MR) is 81.1 cm³/mol. The van der Waals surface area contributed by atoms with Crippen LogP contribution in [-0.2, 0) is 4.74 Å². The van der Waals surface area contributed by atoms with Gasteiger partial charge in [0.1, 0.15) is 13.2 Å². The molecule has 116 valence electrons. The number of hydrogen-bond acceptors (Lipinski definition) is 5. The molecule has 2 atom stereocenters. The third-order valence-corrected chi connectivity index (χ3v) is 4.32. The Morgan fingerprint density at radius 1 is 1.24 bits per heavy atom. The van der Waals surface area contributed by atoms with Crippen LogP contribution in [0.4, 0.5) is 0 Å². The van der Waals surface area contributed by atoms with Crippen LogP contribution >= 0.6 is 0 Å². The van der Waals surface area contributed by atoms with Gasteiger partial charge in [-0.25, -0.2) is 0 Å². The minimum atomic E-state index is 0.270. The molecule has 0 saturated carbocycles. The van der Waals surface area contributed by atoms with Crippen molar-refractivity contribution in [3.8, 4) is 11.5 Å².